The number of carbonyl (C=O) groups excluding carboxylic acids is 4. The SMILES string of the molecule is CCCCCCCCC(CC)OC.CCCCCCCCC(CCCCCCCC)OC.CNC.O=CCCCCCCCN(CCCCCCCC=O)CCCN/C=C(\C=O)NC=O. The van der Waals surface area contributed by atoms with Crippen LogP contribution in [0.2, 0.25) is 0 Å². The van der Waals surface area contributed by atoms with Crippen molar-refractivity contribution in [2.24, 2.45) is 0 Å². The first kappa shape index (κ1) is 69.4. The number of hydrogen-bond donors (Lipinski definition) is 3. The first-order valence-electron chi connectivity index (χ1n) is 27.2. The molecule has 0 saturated heterocycles. The van der Waals surface area contributed by atoms with E-state index >= 15 is 0 Å². The molecule has 0 bridgehead atoms. The maximum absolute atomic E-state index is 10.8. The summed E-state index contributed by atoms with van der Waals surface area (Å²) in [6, 6.07) is 0. The van der Waals surface area contributed by atoms with E-state index in [2.05, 4.69) is 48.5 Å². The molecule has 0 saturated carbocycles. The van der Waals surface area contributed by atoms with Gasteiger partial charge < -0.3 is 39.9 Å². The fourth-order valence-electron chi connectivity index (χ4n) is 7.61. The van der Waals surface area contributed by atoms with Crippen molar-refractivity contribution >= 4 is 25.3 Å². The molecular formula is C55H112N4O6. The zero-order chi connectivity index (χ0) is 49.0. The van der Waals surface area contributed by atoms with Gasteiger partial charge >= 0.3 is 0 Å². The molecule has 0 aliphatic carbocycles. The van der Waals surface area contributed by atoms with Crippen molar-refractivity contribution in [1.29, 1.82) is 0 Å². The number of unbranched alkanes of at least 4 members (excludes halogenated alkanes) is 25. The Kier molecular flexibility index (Phi) is 70.6. The second kappa shape index (κ2) is 66.1. The maximum Gasteiger partial charge on any atom is 0.211 e. The highest BCUT2D eigenvalue weighted by Gasteiger charge is 2.08. The molecule has 10 heteroatoms. The fraction of sp³-hybridized carbons (Fsp3) is 0.891. The Labute approximate surface area is 404 Å². The molecule has 10 nitrogen and oxygen atoms in total. The zero-order valence-corrected chi connectivity index (χ0v) is 44.5. The third kappa shape index (κ3) is 64.0. The molecule has 0 radical (unpaired) electrons. The van der Waals surface area contributed by atoms with Crippen LogP contribution in [0, 0.1) is 0 Å². The predicted molar refractivity (Wildman–Crippen MR) is 281 cm³/mol. The lowest BCUT2D eigenvalue weighted by atomic mass is 10.0. The Hall–Kier alpha value is -2.14. The summed E-state index contributed by atoms with van der Waals surface area (Å²) >= 11 is 0. The van der Waals surface area contributed by atoms with Gasteiger partial charge in [0.15, 0.2) is 6.29 Å². The van der Waals surface area contributed by atoms with E-state index in [1.54, 1.807) is 0 Å². The van der Waals surface area contributed by atoms with Gasteiger partial charge in [-0.25, -0.2) is 0 Å². The van der Waals surface area contributed by atoms with Gasteiger partial charge in [-0.2, -0.15) is 0 Å². The van der Waals surface area contributed by atoms with Crippen molar-refractivity contribution in [2.75, 3.05) is 54.5 Å². The van der Waals surface area contributed by atoms with Crippen LogP contribution in [0.4, 0.5) is 0 Å². The molecule has 388 valence electrons. The molecule has 0 aliphatic rings. The lowest BCUT2D eigenvalue weighted by molar-refractivity contribution is -0.111. The lowest BCUT2D eigenvalue weighted by Gasteiger charge is -2.22. The van der Waals surface area contributed by atoms with Crippen molar-refractivity contribution in [3.8, 4) is 0 Å². The molecule has 0 aromatic heterocycles. The maximum atomic E-state index is 10.8. The van der Waals surface area contributed by atoms with E-state index in [9.17, 15) is 19.2 Å². The summed E-state index contributed by atoms with van der Waals surface area (Å²) in [4.78, 5) is 44.3. The summed E-state index contributed by atoms with van der Waals surface area (Å²) < 4.78 is 10.9. The van der Waals surface area contributed by atoms with Gasteiger partial charge in [-0.3, -0.25) is 9.59 Å². The van der Waals surface area contributed by atoms with Gasteiger partial charge in [0.2, 0.25) is 6.41 Å². The Balaban J connectivity index is -0.000000452. The van der Waals surface area contributed by atoms with Crippen LogP contribution >= 0.6 is 0 Å². The number of nitrogens with zero attached hydrogens (tertiary/aromatic N) is 1. The molecule has 0 heterocycles. The van der Waals surface area contributed by atoms with Gasteiger partial charge in [0.1, 0.15) is 12.6 Å². The second-order valence-electron chi connectivity index (χ2n) is 17.9. The molecule has 3 N–H and O–H groups in total. The second-order valence-corrected chi connectivity index (χ2v) is 17.9. The van der Waals surface area contributed by atoms with E-state index in [1.165, 1.54) is 180 Å². The number of rotatable bonds is 48. The van der Waals surface area contributed by atoms with Crippen LogP contribution in [0.3, 0.4) is 0 Å². The van der Waals surface area contributed by atoms with Gasteiger partial charge in [-0.15, -0.1) is 0 Å². The topological polar surface area (TPSA) is 126 Å². The van der Waals surface area contributed by atoms with E-state index < -0.39 is 0 Å². The standard InChI is InChI=1S/C23H41N3O4.C18H38O.C12H26O.C2H7N/c27-18-11-7-3-1-5-9-15-26(16-10-6-2-4-8-12-19-28)17-13-14-24-20-23(21-29)25-22-30;1-4-6-8-10-12-14-16-18(19-3)17-15-13-11-9-7-5-2;1-4-6-7-8-9-10-11-12(5-2)13-3;1-3-2/h18-22,24H,1-17H2,(H,25,30);18H,4-17H2,1-3H3;12H,4-11H2,1-3H3;3H,1-2H3/b23-20+;;;. The van der Waals surface area contributed by atoms with E-state index in [0.717, 1.165) is 77.3 Å². The van der Waals surface area contributed by atoms with Crippen molar-refractivity contribution in [2.45, 2.75) is 265 Å². The summed E-state index contributed by atoms with van der Waals surface area (Å²) in [5.41, 5.74) is 0.228. The monoisotopic (exact) mass is 925 g/mol. The number of allylic oxidation sites excluding steroid dienone is 1. The van der Waals surface area contributed by atoms with Gasteiger partial charge in [-0.1, -0.05) is 182 Å². The molecule has 1 atom stereocenters. The van der Waals surface area contributed by atoms with Crippen molar-refractivity contribution in [1.82, 2.24) is 20.9 Å². The Morgan fingerprint density at radius 3 is 1.18 bits per heavy atom. The smallest absolute Gasteiger partial charge is 0.211 e. The van der Waals surface area contributed by atoms with Gasteiger partial charge in [0, 0.05) is 39.8 Å². The zero-order valence-electron chi connectivity index (χ0n) is 44.5. The minimum Gasteiger partial charge on any atom is -0.389 e. The van der Waals surface area contributed by atoms with Crippen LogP contribution in [0.1, 0.15) is 252 Å². The summed E-state index contributed by atoms with van der Waals surface area (Å²) in [6.45, 7) is 12.9. The molecule has 0 aliphatic heterocycles. The Bertz CT molecular complexity index is 898. The highest BCUT2D eigenvalue weighted by atomic mass is 16.5. The Morgan fingerprint density at radius 2 is 0.831 bits per heavy atom. The van der Waals surface area contributed by atoms with Crippen LogP contribution in [-0.4, -0.2) is 96.9 Å². The molecule has 0 spiro atoms. The van der Waals surface area contributed by atoms with Crippen LogP contribution in [-0.2, 0) is 28.7 Å². The van der Waals surface area contributed by atoms with Crippen molar-refractivity contribution in [3.05, 3.63) is 11.9 Å². The fourth-order valence-corrected chi connectivity index (χ4v) is 7.61. The highest BCUT2D eigenvalue weighted by Crippen LogP contribution is 2.16. The number of carbonyl (C=O) groups is 4. The van der Waals surface area contributed by atoms with E-state index in [-0.39, 0.29) is 5.70 Å². The van der Waals surface area contributed by atoms with Crippen LogP contribution in [0.25, 0.3) is 0 Å². The molecule has 1 amide bonds. The average Bonchev–Trinajstić information content (AvgIpc) is 3.32. The molecule has 0 aromatic rings. The van der Waals surface area contributed by atoms with Crippen molar-refractivity contribution < 1.29 is 28.7 Å². The Morgan fingerprint density at radius 1 is 0.477 bits per heavy atom. The van der Waals surface area contributed by atoms with Crippen LogP contribution < -0.4 is 16.0 Å². The first-order chi connectivity index (χ1) is 31.9. The lowest BCUT2D eigenvalue weighted by Crippen LogP contribution is -2.29. The quantitative estimate of drug-likeness (QED) is 0.0311. The van der Waals surface area contributed by atoms with Crippen LogP contribution in [0.5, 0.6) is 0 Å². The average molecular weight is 926 g/mol. The number of nitrogens with one attached hydrogen (secondary N) is 3. The summed E-state index contributed by atoms with van der Waals surface area (Å²) in [7, 11) is 7.46. The molecule has 0 rings (SSSR count). The molecule has 0 aromatic carbocycles. The minimum absolute atomic E-state index is 0.228. The van der Waals surface area contributed by atoms with Gasteiger partial charge in [0.25, 0.3) is 0 Å². The normalized spacial score (nSPS) is 11.4. The number of amides is 1. The number of ether oxygens (including phenoxy) is 2. The largest absolute Gasteiger partial charge is 0.389 e. The van der Waals surface area contributed by atoms with Gasteiger partial charge in [-0.05, 0) is 91.5 Å². The van der Waals surface area contributed by atoms with E-state index in [1.807, 2.05) is 28.3 Å². The van der Waals surface area contributed by atoms with E-state index in [4.69, 9.17) is 9.47 Å². The molecule has 65 heavy (non-hydrogen) atoms. The van der Waals surface area contributed by atoms with Crippen LogP contribution in [0.15, 0.2) is 11.9 Å². The molecule has 1 unspecified atom stereocenters. The van der Waals surface area contributed by atoms with Crippen molar-refractivity contribution in [3.63, 3.8) is 0 Å². The summed E-state index contributed by atoms with van der Waals surface area (Å²) in [6.07, 6.45) is 49.3. The summed E-state index contributed by atoms with van der Waals surface area (Å²) in [5.74, 6) is 0. The molecule has 0 fully saturated rings. The number of aldehydes is 3. The summed E-state index contributed by atoms with van der Waals surface area (Å²) in [5, 5.41) is 8.16. The van der Waals surface area contributed by atoms with Gasteiger partial charge in [0.05, 0.1) is 17.9 Å². The minimum atomic E-state index is 0.228. The third-order valence-electron chi connectivity index (χ3n) is 11.8. The number of hydrogen-bond acceptors (Lipinski definition) is 9. The number of methoxy groups -OCH3 is 2. The first-order valence-corrected chi connectivity index (χ1v) is 27.2. The van der Waals surface area contributed by atoms with E-state index in [0.29, 0.717) is 37.7 Å². The highest BCUT2D eigenvalue weighted by molar-refractivity contribution is 5.76. The predicted octanol–water partition coefficient (Wildman–Crippen LogP) is 13.6. The molecular weight excluding hydrogens is 813 g/mol. The third-order valence-corrected chi connectivity index (χ3v) is 11.8.